The van der Waals surface area contributed by atoms with Crippen molar-refractivity contribution in [1.29, 1.82) is 0 Å². The number of rotatable bonds is 5. The molecule has 0 saturated heterocycles. The molecular weight excluding hydrogens is 422 g/mol. The molecule has 0 aromatic heterocycles. The van der Waals surface area contributed by atoms with E-state index in [2.05, 4.69) is 5.32 Å². The second-order valence-corrected chi connectivity index (χ2v) is 9.29. The highest BCUT2D eigenvalue weighted by Crippen LogP contribution is 2.31. The van der Waals surface area contributed by atoms with Gasteiger partial charge >= 0.3 is 6.09 Å². The Balaban J connectivity index is 1.98. The number of anilines is 1. The normalized spacial score (nSPS) is 18.5. The summed E-state index contributed by atoms with van der Waals surface area (Å²) < 4.78 is 26.0. The van der Waals surface area contributed by atoms with Crippen molar-refractivity contribution in [3.8, 4) is 0 Å². The number of likely N-dealkylation sites (N-methyl/N-ethyl adjacent to an activating group) is 1. The molecule has 3 amide bonds. The SMILES string of the molecule is CC(C(=O)NC1CS(=O)(=O)c2ccccc2N(Cc2ccccc2)C1=O)N(C)C(=O)O. The number of nitrogens with one attached hydrogen (secondary N) is 1. The third-order valence-electron chi connectivity index (χ3n) is 5.20. The molecular formula is C21H23N3O6S. The molecule has 1 heterocycles. The van der Waals surface area contributed by atoms with E-state index in [1.165, 1.54) is 24.9 Å². The molecule has 2 unspecified atom stereocenters. The van der Waals surface area contributed by atoms with Crippen LogP contribution in [0.25, 0.3) is 0 Å². The quantitative estimate of drug-likeness (QED) is 0.719. The highest BCUT2D eigenvalue weighted by molar-refractivity contribution is 7.91. The fourth-order valence-corrected chi connectivity index (χ4v) is 4.92. The van der Waals surface area contributed by atoms with Crippen molar-refractivity contribution in [3.63, 3.8) is 0 Å². The lowest BCUT2D eigenvalue weighted by Crippen LogP contribution is -2.55. The van der Waals surface area contributed by atoms with Crippen LogP contribution >= 0.6 is 0 Å². The lowest BCUT2D eigenvalue weighted by molar-refractivity contribution is -0.129. The first-order valence-corrected chi connectivity index (χ1v) is 11.2. The summed E-state index contributed by atoms with van der Waals surface area (Å²) in [6.07, 6.45) is -1.32. The van der Waals surface area contributed by atoms with Crippen LogP contribution in [-0.4, -0.2) is 61.2 Å². The molecule has 1 aliphatic rings. The van der Waals surface area contributed by atoms with E-state index in [1.807, 2.05) is 30.3 Å². The lowest BCUT2D eigenvalue weighted by Gasteiger charge is -2.27. The molecule has 9 nitrogen and oxygen atoms in total. The summed E-state index contributed by atoms with van der Waals surface area (Å²) in [5, 5.41) is 11.5. The first-order valence-electron chi connectivity index (χ1n) is 9.55. The van der Waals surface area contributed by atoms with Crippen molar-refractivity contribution >= 4 is 33.4 Å². The maximum absolute atomic E-state index is 13.4. The first kappa shape index (κ1) is 22.3. The van der Waals surface area contributed by atoms with E-state index >= 15 is 0 Å². The van der Waals surface area contributed by atoms with Gasteiger partial charge in [0.05, 0.1) is 22.9 Å². The van der Waals surface area contributed by atoms with Crippen LogP contribution < -0.4 is 10.2 Å². The van der Waals surface area contributed by atoms with Crippen molar-refractivity contribution in [1.82, 2.24) is 10.2 Å². The predicted molar refractivity (Wildman–Crippen MR) is 113 cm³/mol. The second-order valence-electron chi connectivity index (χ2n) is 7.29. The number of carbonyl (C=O) groups is 3. The zero-order valence-electron chi connectivity index (χ0n) is 17.1. The summed E-state index contributed by atoms with van der Waals surface area (Å²) in [4.78, 5) is 39.2. The Kier molecular flexibility index (Phi) is 6.30. The Morgan fingerprint density at radius 2 is 1.77 bits per heavy atom. The molecule has 164 valence electrons. The van der Waals surface area contributed by atoms with E-state index in [0.717, 1.165) is 10.5 Å². The predicted octanol–water partition coefficient (Wildman–Crippen LogP) is 1.49. The highest BCUT2D eigenvalue weighted by Gasteiger charge is 2.39. The van der Waals surface area contributed by atoms with E-state index in [4.69, 9.17) is 5.11 Å². The van der Waals surface area contributed by atoms with Crippen LogP contribution in [0.15, 0.2) is 59.5 Å². The minimum atomic E-state index is -3.90. The Bertz CT molecular complexity index is 1100. The number of carbonyl (C=O) groups excluding carboxylic acids is 2. The molecule has 0 spiro atoms. The van der Waals surface area contributed by atoms with Crippen LogP contribution in [0.2, 0.25) is 0 Å². The molecule has 31 heavy (non-hydrogen) atoms. The Morgan fingerprint density at radius 3 is 2.42 bits per heavy atom. The van der Waals surface area contributed by atoms with Gasteiger partial charge in [-0.3, -0.25) is 14.5 Å². The van der Waals surface area contributed by atoms with E-state index in [0.29, 0.717) is 0 Å². The summed E-state index contributed by atoms with van der Waals surface area (Å²) in [7, 11) is -2.68. The van der Waals surface area contributed by atoms with Gasteiger partial charge in [-0.15, -0.1) is 0 Å². The van der Waals surface area contributed by atoms with Crippen LogP contribution in [0, 0.1) is 0 Å². The minimum absolute atomic E-state index is 0.00623. The monoisotopic (exact) mass is 445 g/mol. The van der Waals surface area contributed by atoms with Crippen LogP contribution in [0.5, 0.6) is 0 Å². The van der Waals surface area contributed by atoms with E-state index in [1.54, 1.807) is 18.2 Å². The Labute approximate surface area is 180 Å². The number of sulfone groups is 1. The molecule has 2 atom stereocenters. The van der Waals surface area contributed by atoms with Crippen molar-refractivity contribution < 1.29 is 27.9 Å². The topological polar surface area (TPSA) is 124 Å². The van der Waals surface area contributed by atoms with Crippen LogP contribution in [-0.2, 0) is 26.0 Å². The number of amides is 3. The summed E-state index contributed by atoms with van der Waals surface area (Å²) in [6, 6.07) is 12.8. The molecule has 10 heteroatoms. The molecule has 2 aromatic rings. The first-order chi connectivity index (χ1) is 14.6. The third-order valence-corrected chi connectivity index (χ3v) is 6.99. The smallest absolute Gasteiger partial charge is 0.407 e. The molecule has 0 fully saturated rings. The van der Waals surface area contributed by atoms with Gasteiger partial charge in [0.15, 0.2) is 9.84 Å². The fraction of sp³-hybridized carbons (Fsp3) is 0.286. The average molecular weight is 445 g/mol. The molecule has 0 radical (unpaired) electrons. The van der Waals surface area contributed by atoms with Gasteiger partial charge < -0.3 is 15.3 Å². The van der Waals surface area contributed by atoms with Gasteiger partial charge in [0.1, 0.15) is 12.1 Å². The van der Waals surface area contributed by atoms with E-state index in [-0.39, 0.29) is 17.1 Å². The summed E-state index contributed by atoms with van der Waals surface area (Å²) >= 11 is 0. The molecule has 1 aliphatic heterocycles. The largest absolute Gasteiger partial charge is 0.465 e. The molecule has 0 bridgehead atoms. The van der Waals surface area contributed by atoms with E-state index < -0.39 is 45.6 Å². The van der Waals surface area contributed by atoms with Crippen molar-refractivity contribution in [3.05, 3.63) is 60.2 Å². The zero-order chi connectivity index (χ0) is 22.8. The summed E-state index contributed by atoms with van der Waals surface area (Å²) in [6.45, 7) is 1.47. The van der Waals surface area contributed by atoms with Gasteiger partial charge in [-0.25, -0.2) is 13.2 Å². The summed E-state index contributed by atoms with van der Waals surface area (Å²) in [5.41, 5.74) is 1.03. The Morgan fingerprint density at radius 1 is 1.16 bits per heavy atom. The van der Waals surface area contributed by atoms with E-state index in [9.17, 15) is 22.8 Å². The molecule has 3 rings (SSSR count). The van der Waals surface area contributed by atoms with Crippen LogP contribution in [0.1, 0.15) is 12.5 Å². The average Bonchev–Trinajstić information content (AvgIpc) is 2.82. The van der Waals surface area contributed by atoms with Crippen LogP contribution in [0.3, 0.4) is 0 Å². The van der Waals surface area contributed by atoms with Crippen molar-refractivity contribution in [2.45, 2.75) is 30.4 Å². The number of para-hydroxylation sites is 1. The highest BCUT2D eigenvalue weighted by atomic mass is 32.2. The minimum Gasteiger partial charge on any atom is -0.465 e. The lowest BCUT2D eigenvalue weighted by atomic mass is 10.1. The standard InChI is InChI=1S/C21H23N3O6S/c1-14(23(2)21(27)28)19(25)22-16-13-31(29,30)18-11-7-6-10-17(18)24(20(16)26)12-15-8-4-3-5-9-15/h3-11,14,16H,12-13H2,1-2H3,(H,22,25)(H,27,28). The molecule has 2 N–H and O–H groups in total. The molecule has 0 saturated carbocycles. The second kappa shape index (κ2) is 8.76. The molecule has 0 aliphatic carbocycles. The number of carboxylic acid groups (broad SMARTS) is 1. The van der Waals surface area contributed by atoms with Gasteiger partial charge in [0.25, 0.3) is 5.91 Å². The third kappa shape index (κ3) is 4.69. The summed E-state index contributed by atoms with van der Waals surface area (Å²) in [5.74, 6) is -1.97. The van der Waals surface area contributed by atoms with Crippen molar-refractivity contribution in [2.24, 2.45) is 0 Å². The maximum atomic E-state index is 13.4. The van der Waals surface area contributed by atoms with Crippen molar-refractivity contribution in [2.75, 3.05) is 17.7 Å². The van der Waals surface area contributed by atoms with Gasteiger partial charge in [-0.2, -0.15) is 0 Å². The molecule has 2 aromatic carbocycles. The fourth-order valence-electron chi connectivity index (χ4n) is 3.30. The number of hydrogen-bond acceptors (Lipinski definition) is 5. The number of nitrogens with zero attached hydrogens (tertiary/aromatic N) is 2. The zero-order valence-corrected chi connectivity index (χ0v) is 17.9. The number of benzene rings is 2. The van der Waals surface area contributed by atoms with Gasteiger partial charge in [-0.05, 0) is 24.6 Å². The Hall–Kier alpha value is -3.40. The van der Waals surface area contributed by atoms with Gasteiger partial charge in [0, 0.05) is 7.05 Å². The number of fused-ring (bicyclic) bond motifs is 1. The van der Waals surface area contributed by atoms with Gasteiger partial charge in [0.2, 0.25) is 5.91 Å². The van der Waals surface area contributed by atoms with Gasteiger partial charge in [-0.1, -0.05) is 42.5 Å². The van der Waals surface area contributed by atoms with Crippen LogP contribution in [0.4, 0.5) is 10.5 Å². The number of hydrogen-bond donors (Lipinski definition) is 2. The maximum Gasteiger partial charge on any atom is 0.407 e.